The smallest absolute Gasteiger partial charge is 0.312 e. The molecule has 10 atom stereocenters. The first-order chi connectivity index (χ1) is 24.8. The molecule has 1 aliphatic heterocycles. The Bertz CT molecular complexity index is 1690. The largest absolute Gasteiger partial charge is 0.481 e. The summed E-state index contributed by atoms with van der Waals surface area (Å²) in [5.41, 5.74) is 2.52. The fraction of sp³-hybridized carbons (Fsp3) is 0.818. The second-order valence-electron chi connectivity index (χ2n) is 20.3. The Morgan fingerprint density at radius 3 is 2.26 bits per heavy atom. The first kappa shape index (κ1) is 39.2. The molecule has 53 heavy (non-hydrogen) atoms. The van der Waals surface area contributed by atoms with Gasteiger partial charge in [0.25, 0.3) is 0 Å². The van der Waals surface area contributed by atoms with E-state index < -0.39 is 27.9 Å². The minimum atomic E-state index is -2.93. The van der Waals surface area contributed by atoms with Gasteiger partial charge in [0.2, 0.25) is 5.91 Å². The zero-order valence-electron chi connectivity index (χ0n) is 33.5. The number of carbonyl (C=O) groups is 2. The number of alkyl halides is 1. The molecular weight excluding hydrogens is 688 g/mol. The molecule has 4 saturated carbocycles. The van der Waals surface area contributed by atoms with Gasteiger partial charge < -0.3 is 10.4 Å². The molecule has 296 valence electrons. The lowest BCUT2D eigenvalue weighted by Gasteiger charge is -2.72. The lowest BCUT2D eigenvalue weighted by Crippen LogP contribution is -2.66. The van der Waals surface area contributed by atoms with E-state index in [1.165, 1.54) is 29.6 Å². The maximum Gasteiger partial charge on any atom is 0.312 e. The standard InChI is InChI=1S/C44H67FN2O5S/c1-29(2)31-12-19-44(37(48)46-22-23-47-24-26-53(51,52)27-25-47)21-20-41(6)33(36(31)44)8-9-35-40(5)15-13-32(39(3,4)34(40)14-16-42(35,41)7)30-10-17-43(28-45,18-11-30)38(49)50/h10,13,31,33-36H,1,8-9,11-12,14-28H2,2-7H3,(H,46,48)(H,49,50)/t31-,33+,34-,35+,36+,40-,41+,42+,43+,44-/m0/s1. The molecule has 7 nitrogen and oxygen atoms in total. The Balaban J connectivity index is 1.13. The van der Waals surface area contributed by atoms with Crippen LogP contribution in [0.4, 0.5) is 4.39 Å². The number of hydrogen-bond donors (Lipinski definition) is 2. The summed E-state index contributed by atoms with van der Waals surface area (Å²) in [5.74, 6) is 1.78. The number of hydrogen-bond acceptors (Lipinski definition) is 5. The minimum absolute atomic E-state index is 0.0599. The van der Waals surface area contributed by atoms with Gasteiger partial charge in [0.1, 0.15) is 6.67 Å². The minimum Gasteiger partial charge on any atom is -0.481 e. The first-order valence-corrected chi connectivity index (χ1v) is 22.7. The quantitative estimate of drug-likeness (QED) is 0.243. The van der Waals surface area contributed by atoms with Crippen molar-refractivity contribution in [3.63, 3.8) is 0 Å². The number of halogens is 1. The van der Waals surface area contributed by atoms with Gasteiger partial charge in [-0.05, 0) is 146 Å². The van der Waals surface area contributed by atoms with Crippen LogP contribution >= 0.6 is 0 Å². The molecule has 7 aliphatic rings. The Kier molecular flexibility index (Phi) is 9.85. The van der Waals surface area contributed by atoms with Crippen LogP contribution < -0.4 is 5.32 Å². The van der Waals surface area contributed by atoms with E-state index in [-0.39, 0.29) is 56.8 Å². The number of carbonyl (C=O) groups excluding carboxylic acids is 1. The summed E-state index contributed by atoms with van der Waals surface area (Å²) in [7, 11) is -2.93. The molecule has 0 aromatic rings. The van der Waals surface area contributed by atoms with Crippen molar-refractivity contribution in [3.8, 4) is 0 Å². The highest BCUT2D eigenvalue weighted by Crippen LogP contribution is 2.77. The van der Waals surface area contributed by atoms with E-state index in [0.29, 0.717) is 62.7 Å². The van der Waals surface area contributed by atoms with Crippen molar-refractivity contribution in [2.24, 2.45) is 62.1 Å². The molecule has 5 fully saturated rings. The SMILES string of the molecule is C=C(C)[C@@H]1CC[C@]2(C(=O)NCCN3CCS(=O)(=O)CC3)CC[C@]3(C)[C@H](CC[C@@H]4[C@@]5(C)CC=C(C6=CC[C@@](CF)(C(=O)O)CC6)C(C)(C)[C@@H]5CC[C@]43C)[C@@H]12. The average molecular weight is 755 g/mol. The van der Waals surface area contributed by atoms with Crippen molar-refractivity contribution in [2.45, 2.75) is 119 Å². The molecule has 7 rings (SSSR count). The molecule has 0 aromatic carbocycles. The number of sulfone groups is 1. The van der Waals surface area contributed by atoms with Crippen LogP contribution in [-0.4, -0.2) is 74.7 Å². The predicted molar refractivity (Wildman–Crippen MR) is 209 cm³/mol. The zero-order chi connectivity index (χ0) is 38.4. The van der Waals surface area contributed by atoms with E-state index >= 15 is 0 Å². The van der Waals surface area contributed by atoms with Crippen LogP contribution in [0.25, 0.3) is 0 Å². The number of amides is 1. The maximum atomic E-state index is 14.5. The van der Waals surface area contributed by atoms with Crippen molar-refractivity contribution in [1.29, 1.82) is 0 Å². The van der Waals surface area contributed by atoms with Gasteiger partial charge in [0, 0.05) is 26.2 Å². The van der Waals surface area contributed by atoms with Crippen molar-refractivity contribution in [3.05, 3.63) is 35.5 Å². The number of carboxylic acid groups (broad SMARTS) is 1. The Hall–Kier alpha value is -2.00. The molecule has 0 unspecified atom stereocenters. The maximum absolute atomic E-state index is 14.5. The van der Waals surface area contributed by atoms with E-state index in [2.05, 4.69) is 70.5 Å². The van der Waals surface area contributed by atoms with Gasteiger partial charge in [-0.2, -0.15) is 0 Å². The normalized spacial score (nSPS) is 44.6. The molecule has 0 spiro atoms. The van der Waals surface area contributed by atoms with Crippen LogP contribution in [0, 0.1) is 62.1 Å². The monoisotopic (exact) mass is 754 g/mol. The highest BCUT2D eigenvalue weighted by Gasteiger charge is 2.71. The summed E-state index contributed by atoms with van der Waals surface area (Å²) in [6, 6.07) is 0. The summed E-state index contributed by atoms with van der Waals surface area (Å²) in [5, 5.41) is 13.2. The van der Waals surface area contributed by atoms with E-state index in [9.17, 15) is 27.5 Å². The summed E-state index contributed by atoms with van der Waals surface area (Å²) in [4.78, 5) is 28.7. The molecule has 0 radical (unpaired) electrons. The van der Waals surface area contributed by atoms with Gasteiger partial charge in [-0.25, -0.2) is 12.8 Å². The number of fused-ring (bicyclic) bond motifs is 7. The van der Waals surface area contributed by atoms with E-state index in [4.69, 9.17) is 0 Å². The summed E-state index contributed by atoms with van der Waals surface area (Å²) in [6.45, 7) is 20.9. The highest BCUT2D eigenvalue weighted by atomic mass is 32.2. The number of allylic oxidation sites excluding steroid dienone is 5. The molecule has 9 heteroatoms. The van der Waals surface area contributed by atoms with E-state index in [0.717, 1.165) is 44.9 Å². The topological polar surface area (TPSA) is 104 Å². The van der Waals surface area contributed by atoms with Crippen LogP contribution in [0.1, 0.15) is 119 Å². The van der Waals surface area contributed by atoms with Crippen LogP contribution in [0.3, 0.4) is 0 Å². The first-order valence-electron chi connectivity index (χ1n) is 20.9. The third-order valence-corrected chi connectivity index (χ3v) is 19.5. The summed E-state index contributed by atoms with van der Waals surface area (Å²) >= 11 is 0. The van der Waals surface area contributed by atoms with Crippen LogP contribution in [0.15, 0.2) is 35.5 Å². The molecule has 1 heterocycles. The predicted octanol–water partition coefficient (Wildman–Crippen LogP) is 8.18. The van der Waals surface area contributed by atoms with Crippen LogP contribution in [-0.2, 0) is 19.4 Å². The lowest BCUT2D eigenvalue weighted by molar-refractivity contribution is -0.226. The van der Waals surface area contributed by atoms with Crippen molar-refractivity contribution >= 4 is 21.7 Å². The second kappa shape index (κ2) is 13.3. The zero-order valence-corrected chi connectivity index (χ0v) is 34.3. The number of rotatable bonds is 8. The van der Waals surface area contributed by atoms with E-state index in [1.807, 2.05) is 0 Å². The molecule has 0 aromatic heterocycles. The van der Waals surface area contributed by atoms with Crippen molar-refractivity contribution < 1.29 is 27.5 Å². The Morgan fingerprint density at radius 1 is 0.925 bits per heavy atom. The number of nitrogens with one attached hydrogen (secondary N) is 1. The van der Waals surface area contributed by atoms with Crippen LogP contribution in [0.5, 0.6) is 0 Å². The Morgan fingerprint density at radius 2 is 1.64 bits per heavy atom. The third kappa shape index (κ3) is 5.88. The average Bonchev–Trinajstić information content (AvgIpc) is 3.50. The molecular formula is C44H67FN2O5S. The van der Waals surface area contributed by atoms with Gasteiger partial charge in [0.15, 0.2) is 9.84 Å². The molecule has 1 amide bonds. The second-order valence-corrected chi connectivity index (χ2v) is 22.6. The van der Waals surface area contributed by atoms with Gasteiger partial charge in [-0.3, -0.25) is 14.5 Å². The van der Waals surface area contributed by atoms with Crippen molar-refractivity contribution in [1.82, 2.24) is 10.2 Å². The fourth-order valence-electron chi connectivity index (χ4n) is 14.7. The van der Waals surface area contributed by atoms with Crippen molar-refractivity contribution in [2.75, 3.05) is 44.4 Å². The highest BCUT2D eigenvalue weighted by molar-refractivity contribution is 7.91. The number of nitrogens with zero attached hydrogens (tertiary/aromatic N) is 1. The van der Waals surface area contributed by atoms with Gasteiger partial charge in [-0.1, -0.05) is 58.9 Å². The van der Waals surface area contributed by atoms with Gasteiger partial charge in [-0.15, -0.1) is 0 Å². The van der Waals surface area contributed by atoms with Crippen LogP contribution in [0.2, 0.25) is 0 Å². The lowest BCUT2D eigenvalue weighted by atomic mass is 9.32. The summed E-state index contributed by atoms with van der Waals surface area (Å²) in [6.07, 6.45) is 15.4. The van der Waals surface area contributed by atoms with Gasteiger partial charge >= 0.3 is 5.97 Å². The van der Waals surface area contributed by atoms with Gasteiger partial charge in [0.05, 0.1) is 22.3 Å². The fourth-order valence-corrected chi connectivity index (χ4v) is 16.0. The molecule has 2 N–H and O–H groups in total. The summed E-state index contributed by atoms with van der Waals surface area (Å²) < 4.78 is 37.9. The molecule has 6 aliphatic carbocycles. The Labute approximate surface area is 319 Å². The third-order valence-electron chi connectivity index (χ3n) is 17.9. The molecule has 0 bridgehead atoms. The number of aliphatic carboxylic acids is 1. The number of carboxylic acids is 1. The van der Waals surface area contributed by atoms with E-state index in [1.54, 1.807) is 0 Å². The molecule has 1 saturated heterocycles.